The van der Waals surface area contributed by atoms with Gasteiger partial charge in [0, 0.05) is 18.6 Å². The molecule has 14 heavy (non-hydrogen) atoms. The minimum Gasteiger partial charge on any atom is -0.310 e. The summed E-state index contributed by atoms with van der Waals surface area (Å²) in [6, 6.07) is 1.55. The van der Waals surface area contributed by atoms with Crippen LogP contribution in [0.2, 0.25) is 0 Å². The van der Waals surface area contributed by atoms with E-state index >= 15 is 0 Å². The zero-order chi connectivity index (χ0) is 10.3. The number of hydrogen-bond acceptors (Lipinski definition) is 2. The van der Waals surface area contributed by atoms with Crippen molar-refractivity contribution in [1.29, 1.82) is 0 Å². The molecule has 1 saturated carbocycles. The molecule has 0 radical (unpaired) electrons. The fourth-order valence-corrected chi connectivity index (χ4v) is 2.61. The Morgan fingerprint density at radius 3 is 2.50 bits per heavy atom. The number of nitrogens with one attached hydrogen (secondary N) is 1. The summed E-state index contributed by atoms with van der Waals surface area (Å²) < 4.78 is 0. The molecule has 2 fully saturated rings. The smallest absolute Gasteiger partial charge is 0.0127 e. The van der Waals surface area contributed by atoms with Crippen molar-refractivity contribution in [2.75, 3.05) is 20.1 Å². The molecule has 1 aliphatic carbocycles. The first-order chi connectivity index (χ1) is 6.49. The van der Waals surface area contributed by atoms with Crippen LogP contribution in [-0.2, 0) is 0 Å². The molecule has 0 aromatic rings. The van der Waals surface area contributed by atoms with Crippen LogP contribution >= 0.6 is 0 Å². The highest BCUT2D eigenvalue weighted by atomic mass is 15.1. The topological polar surface area (TPSA) is 15.3 Å². The van der Waals surface area contributed by atoms with Gasteiger partial charge in [-0.3, -0.25) is 0 Å². The fourth-order valence-electron chi connectivity index (χ4n) is 2.61. The summed E-state index contributed by atoms with van der Waals surface area (Å²) in [7, 11) is 2.23. The average molecular weight is 196 g/mol. The van der Waals surface area contributed by atoms with E-state index in [0.717, 1.165) is 18.0 Å². The number of nitrogens with zero attached hydrogens (tertiary/aromatic N) is 1. The van der Waals surface area contributed by atoms with E-state index in [2.05, 4.69) is 38.0 Å². The fraction of sp³-hybridized carbons (Fsp3) is 1.00. The van der Waals surface area contributed by atoms with Gasteiger partial charge in [-0.25, -0.2) is 0 Å². The maximum Gasteiger partial charge on any atom is 0.0127 e. The zero-order valence-electron chi connectivity index (χ0n) is 10.0. The predicted octanol–water partition coefficient (Wildman–Crippen LogP) is 1.71. The maximum absolute atomic E-state index is 3.83. The molecule has 3 unspecified atom stereocenters. The molecule has 2 nitrogen and oxygen atoms in total. The molecule has 2 heteroatoms. The van der Waals surface area contributed by atoms with Gasteiger partial charge in [-0.2, -0.15) is 0 Å². The summed E-state index contributed by atoms with van der Waals surface area (Å²) in [5.74, 6) is 0.810. The number of piperidine rings is 1. The van der Waals surface area contributed by atoms with E-state index in [1.165, 1.54) is 25.9 Å². The molecule has 3 atom stereocenters. The Morgan fingerprint density at radius 1 is 1.36 bits per heavy atom. The minimum absolute atomic E-state index is 0.572. The molecule has 1 N–H and O–H groups in total. The minimum atomic E-state index is 0.572. The van der Waals surface area contributed by atoms with Gasteiger partial charge in [0.2, 0.25) is 0 Å². The Labute approximate surface area is 88.1 Å². The summed E-state index contributed by atoms with van der Waals surface area (Å²) in [5, 5.41) is 3.83. The first-order valence-corrected chi connectivity index (χ1v) is 5.93. The molecular weight excluding hydrogens is 172 g/mol. The zero-order valence-corrected chi connectivity index (χ0v) is 10.0. The molecule has 1 aliphatic heterocycles. The molecule has 1 heterocycles. The summed E-state index contributed by atoms with van der Waals surface area (Å²) in [6.07, 6.45) is 2.69. The van der Waals surface area contributed by atoms with Gasteiger partial charge in [-0.1, -0.05) is 20.8 Å². The third-order valence-electron chi connectivity index (χ3n) is 4.04. The average Bonchev–Trinajstić information content (AvgIpc) is 2.65. The number of likely N-dealkylation sites (tertiary alicyclic amines) is 1. The monoisotopic (exact) mass is 196 g/mol. The summed E-state index contributed by atoms with van der Waals surface area (Å²) in [4.78, 5) is 2.45. The molecule has 82 valence electrons. The van der Waals surface area contributed by atoms with Crippen molar-refractivity contribution in [3.05, 3.63) is 0 Å². The third-order valence-corrected chi connectivity index (χ3v) is 4.04. The molecule has 2 aliphatic rings. The van der Waals surface area contributed by atoms with Gasteiger partial charge in [0.1, 0.15) is 0 Å². The van der Waals surface area contributed by atoms with Crippen molar-refractivity contribution >= 4 is 0 Å². The highest BCUT2D eigenvalue weighted by molar-refractivity contribution is 5.03. The molecule has 0 bridgehead atoms. The largest absolute Gasteiger partial charge is 0.310 e. The second-order valence-electron chi connectivity index (χ2n) is 6.05. The van der Waals surface area contributed by atoms with E-state index in [0.29, 0.717) is 5.41 Å². The Bertz CT molecular complexity index is 212. The van der Waals surface area contributed by atoms with E-state index in [1.807, 2.05) is 0 Å². The number of rotatable bonds is 2. The van der Waals surface area contributed by atoms with E-state index < -0.39 is 0 Å². The molecule has 0 amide bonds. The van der Waals surface area contributed by atoms with Crippen molar-refractivity contribution in [3.63, 3.8) is 0 Å². The third kappa shape index (κ3) is 2.12. The molecule has 2 rings (SSSR count). The van der Waals surface area contributed by atoms with Crippen LogP contribution in [0.1, 0.15) is 33.6 Å². The summed E-state index contributed by atoms with van der Waals surface area (Å²) in [6.45, 7) is 9.62. The van der Waals surface area contributed by atoms with Gasteiger partial charge >= 0.3 is 0 Å². The predicted molar refractivity (Wildman–Crippen MR) is 60.4 cm³/mol. The summed E-state index contributed by atoms with van der Waals surface area (Å²) in [5.41, 5.74) is 0.572. The van der Waals surface area contributed by atoms with Crippen LogP contribution in [0.3, 0.4) is 0 Å². The highest BCUT2D eigenvalue weighted by Crippen LogP contribution is 2.45. The van der Waals surface area contributed by atoms with E-state index in [9.17, 15) is 0 Å². The lowest BCUT2D eigenvalue weighted by Gasteiger charge is -2.35. The van der Waals surface area contributed by atoms with Crippen LogP contribution in [0.15, 0.2) is 0 Å². The van der Waals surface area contributed by atoms with Gasteiger partial charge < -0.3 is 10.2 Å². The SMILES string of the molecule is CC1CN(C)CCC1NC1CC1(C)C. The van der Waals surface area contributed by atoms with Gasteiger partial charge in [-0.05, 0) is 37.8 Å². The highest BCUT2D eigenvalue weighted by Gasteiger charge is 2.46. The Hall–Kier alpha value is -0.0800. The molecule has 0 spiro atoms. The van der Waals surface area contributed by atoms with Crippen molar-refractivity contribution in [2.45, 2.75) is 45.7 Å². The van der Waals surface area contributed by atoms with Crippen LogP contribution < -0.4 is 5.32 Å². The lowest BCUT2D eigenvalue weighted by atomic mass is 9.94. The van der Waals surface area contributed by atoms with Gasteiger partial charge in [0.25, 0.3) is 0 Å². The maximum atomic E-state index is 3.83. The first kappa shape index (κ1) is 10.4. The standard InChI is InChI=1S/C12H24N2/c1-9-8-14(4)6-5-10(9)13-11-7-12(11,2)3/h9-11,13H,5-8H2,1-4H3. The van der Waals surface area contributed by atoms with Gasteiger partial charge in [-0.15, -0.1) is 0 Å². The lowest BCUT2D eigenvalue weighted by Crippen LogP contribution is -2.48. The number of hydrogen-bond donors (Lipinski definition) is 1. The quantitative estimate of drug-likeness (QED) is 0.723. The van der Waals surface area contributed by atoms with Crippen LogP contribution in [0.4, 0.5) is 0 Å². The van der Waals surface area contributed by atoms with Crippen LogP contribution in [0.25, 0.3) is 0 Å². The summed E-state index contributed by atoms with van der Waals surface area (Å²) >= 11 is 0. The van der Waals surface area contributed by atoms with E-state index in [4.69, 9.17) is 0 Å². The van der Waals surface area contributed by atoms with Crippen molar-refractivity contribution in [3.8, 4) is 0 Å². The van der Waals surface area contributed by atoms with E-state index in [1.54, 1.807) is 0 Å². The molecular formula is C12H24N2. The van der Waals surface area contributed by atoms with Crippen LogP contribution in [0.5, 0.6) is 0 Å². The van der Waals surface area contributed by atoms with Gasteiger partial charge in [0.15, 0.2) is 0 Å². The molecule has 0 aromatic heterocycles. The Morgan fingerprint density at radius 2 is 2.00 bits per heavy atom. The second-order valence-corrected chi connectivity index (χ2v) is 6.05. The van der Waals surface area contributed by atoms with Crippen molar-refractivity contribution < 1.29 is 0 Å². The van der Waals surface area contributed by atoms with Crippen molar-refractivity contribution in [2.24, 2.45) is 11.3 Å². The van der Waals surface area contributed by atoms with Crippen LogP contribution in [-0.4, -0.2) is 37.1 Å². The Balaban J connectivity index is 1.81. The van der Waals surface area contributed by atoms with Gasteiger partial charge in [0.05, 0.1) is 0 Å². The lowest BCUT2D eigenvalue weighted by molar-refractivity contribution is 0.171. The first-order valence-electron chi connectivity index (χ1n) is 5.93. The van der Waals surface area contributed by atoms with Crippen molar-refractivity contribution in [1.82, 2.24) is 10.2 Å². The molecule has 0 aromatic carbocycles. The van der Waals surface area contributed by atoms with E-state index in [-0.39, 0.29) is 0 Å². The Kier molecular flexibility index (Phi) is 2.61. The molecule has 1 saturated heterocycles. The second kappa shape index (κ2) is 3.49. The normalized spacial score (nSPS) is 42.4. The van der Waals surface area contributed by atoms with Crippen LogP contribution in [0, 0.1) is 11.3 Å².